The second-order valence-electron chi connectivity index (χ2n) is 10.1. The number of likely N-dealkylation sites (N-methyl/N-ethyl adjacent to an activating group) is 1. The summed E-state index contributed by atoms with van der Waals surface area (Å²) in [6, 6.07) is 16.0. The molecule has 3 aromatic heterocycles. The normalized spacial score (nSPS) is 15.1. The number of nitrogens with zero attached hydrogens (tertiary/aromatic N) is 6. The van der Waals surface area contributed by atoms with E-state index in [1.165, 1.54) is 5.56 Å². The average molecular weight is 511 g/mol. The molecule has 10 nitrogen and oxygen atoms in total. The number of nitrogens with one attached hydrogen (secondary N) is 1. The molecule has 0 saturated heterocycles. The van der Waals surface area contributed by atoms with E-state index in [1.807, 2.05) is 68.5 Å². The lowest BCUT2D eigenvalue weighted by Crippen LogP contribution is -2.36. The Morgan fingerprint density at radius 3 is 2.71 bits per heavy atom. The van der Waals surface area contributed by atoms with Crippen molar-refractivity contribution >= 4 is 33.7 Å². The maximum Gasteiger partial charge on any atom is 0.270 e. The Kier molecular flexibility index (Phi) is 5.96. The van der Waals surface area contributed by atoms with Crippen LogP contribution >= 0.6 is 0 Å². The molecule has 0 aliphatic carbocycles. The van der Waals surface area contributed by atoms with Gasteiger partial charge in [0, 0.05) is 19.8 Å². The molecular formula is C28H30N8O2. The van der Waals surface area contributed by atoms with Crippen LogP contribution in [0.5, 0.6) is 5.75 Å². The lowest BCUT2D eigenvalue weighted by molar-refractivity contribution is 0.179. The van der Waals surface area contributed by atoms with Crippen molar-refractivity contribution in [2.75, 3.05) is 38.3 Å². The van der Waals surface area contributed by atoms with Gasteiger partial charge in [-0.25, -0.2) is 4.98 Å². The van der Waals surface area contributed by atoms with Crippen molar-refractivity contribution in [1.82, 2.24) is 29.6 Å². The summed E-state index contributed by atoms with van der Waals surface area (Å²) in [6.45, 7) is 1.41. The summed E-state index contributed by atoms with van der Waals surface area (Å²) in [5, 5.41) is 7.99. The largest absolute Gasteiger partial charge is 0.488 e. The molecule has 0 bridgehead atoms. The van der Waals surface area contributed by atoms with E-state index >= 15 is 0 Å². The molecule has 0 radical (unpaired) electrons. The van der Waals surface area contributed by atoms with Crippen LogP contribution in [0.2, 0.25) is 0 Å². The summed E-state index contributed by atoms with van der Waals surface area (Å²) in [4.78, 5) is 27.3. The number of hydrogen-bond donors (Lipinski definition) is 2. The number of para-hydroxylation sites is 1. The molecule has 5 aromatic rings. The minimum absolute atomic E-state index is 0.00974. The Labute approximate surface area is 219 Å². The van der Waals surface area contributed by atoms with Gasteiger partial charge in [0.05, 0.1) is 23.1 Å². The van der Waals surface area contributed by atoms with Gasteiger partial charge in [-0.2, -0.15) is 10.1 Å². The standard InChI is InChI=1S/C28H30N8O2/c1-34(2)15-17-8-11-19(12-9-17)36-26-21(24-23(27(36)37)25(29)33-32-24)14-30-28(31-26)35(3)16-20-13-10-18-6-4-5-7-22(18)38-20/h4-9,11-12,14,20H,10,13,15-16H2,1-3H3,(H3,29,32,33). The monoisotopic (exact) mass is 510 g/mol. The highest BCUT2D eigenvalue weighted by molar-refractivity contribution is 6.05. The number of anilines is 2. The lowest BCUT2D eigenvalue weighted by atomic mass is 10.0. The Morgan fingerprint density at radius 2 is 1.92 bits per heavy atom. The lowest BCUT2D eigenvalue weighted by Gasteiger charge is -2.29. The molecule has 0 spiro atoms. The van der Waals surface area contributed by atoms with Gasteiger partial charge in [-0.05, 0) is 56.3 Å². The van der Waals surface area contributed by atoms with Crippen LogP contribution in [0.3, 0.4) is 0 Å². The number of rotatable bonds is 6. The third-order valence-electron chi connectivity index (χ3n) is 6.96. The molecule has 2 aromatic carbocycles. The van der Waals surface area contributed by atoms with E-state index in [9.17, 15) is 4.79 Å². The van der Waals surface area contributed by atoms with E-state index in [0.29, 0.717) is 40.1 Å². The fraction of sp³-hybridized carbons (Fsp3) is 0.286. The van der Waals surface area contributed by atoms with Crippen molar-refractivity contribution in [2.45, 2.75) is 25.5 Å². The molecule has 38 heavy (non-hydrogen) atoms. The quantitative estimate of drug-likeness (QED) is 0.358. The first-order valence-corrected chi connectivity index (χ1v) is 12.6. The second-order valence-corrected chi connectivity index (χ2v) is 10.1. The number of H-pyrrole nitrogens is 1. The first kappa shape index (κ1) is 23.9. The molecule has 194 valence electrons. The molecular weight excluding hydrogens is 480 g/mol. The van der Waals surface area contributed by atoms with E-state index in [1.54, 1.807) is 10.8 Å². The molecule has 1 aliphatic rings. The van der Waals surface area contributed by atoms with Gasteiger partial charge in [0.2, 0.25) is 5.95 Å². The van der Waals surface area contributed by atoms with Crippen LogP contribution in [0.4, 0.5) is 11.8 Å². The minimum Gasteiger partial charge on any atom is -0.488 e. The highest BCUT2D eigenvalue weighted by Crippen LogP contribution is 2.29. The number of nitrogens with two attached hydrogens (primary N) is 1. The van der Waals surface area contributed by atoms with Crippen LogP contribution in [0.25, 0.3) is 27.6 Å². The minimum atomic E-state index is -0.279. The van der Waals surface area contributed by atoms with Gasteiger partial charge in [0.15, 0.2) is 11.5 Å². The predicted molar refractivity (Wildman–Crippen MR) is 149 cm³/mol. The van der Waals surface area contributed by atoms with Gasteiger partial charge in [0.25, 0.3) is 5.56 Å². The summed E-state index contributed by atoms with van der Waals surface area (Å²) in [7, 11) is 5.98. The highest BCUT2D eigenvalue weighted by Gasteiger charge is 2.23. The van der Waals surface area contributed by atoms with E-state index < -0.39 is 0 Å². The maximum absolute atomic E-state index is 13.7. The SMILES string of the molecule is CN(C)Cc1ccc(-n2c(=O)c3c(N)n[nH]c3c3cnc(N(C)CC4CCc5ccccc5O4)nc32)cc1. The average Bonchev–Trinajstić information content (AvgIpc) is 3.31. The number of hydrogen-bond acceptors (Lipinski definition) is 8. The number of ether oxygens (including phenoxy) is 1. The number of aromatic nitrogens is 5. The summed E-state index contributed by atoms with van der Waals surface area (Å²) in [6.07, 6.45) is 3.61. The zero-order valence-corrected chi connectivity index (χ0v) is 21.7. The molecule has 0 fully saturated rings. The van der Waals surface area contributed by atoms with Crippen molar-refractivity contribution in [1.29, 1.82) is 0 Å². The van der Waals surface area contributed by atoms with Gasteiger partial charge < -0.3 is 20.3 Å². The molecule has 6 rings (SSSR count). The Hall–Kier alpha value is -4.44. The molecule has 0 amide bonds. The van der Waals surface area contributed by atoms with Gasteiger partial charge in [-0.3, -0.25) is 14.5 Å². The summed E-state index contributed by atoms with van der Waals surface area (Å²) < 4.78 is 7.83. The number of aromatic amines is 1. The van der Waals surface area contributed by atoms with Crippen LogP contribution in [-0.4, -0.2) is 63.4 Å². The second kappa shape index (κ2) is 9.46. The molecule has 1 unspecified atom stereocenters. The number of benzene rings is 2. The van der Waals surface area contributed by atoms with Gasteiger partial charge in [-0.15, -0.1) is 0 Å². The first-order chi connectivity index (χ1) is 18.4. The van der Waals surface area contributed by atoms with Crippen molar-refractivity contribution < 1.29 is 4.74 Å². The Bertz CT molecular complexity index is 1690. The highest BCUT2D eigenvalue weighted by atomic mass is 16.5. The van der Waals surface area contributed by atoms with Crippen LogP contribution in [-0.2, 0) is 13.0 Å². The molecule has 10 heteroatoms. The van der Waals surface area contributed by atoms with Crippen molar-refractivity contribution in [3.8, 4) is 11.4 Å². The summed E-state index contributed by atoms with van der Waals surface area (Å²) >= 11 is 0. The maximum atomic E-state index is 13.7. The third kappa shape index (κ3) is 4.22. The van der Waals surface area contributed by atoms with E-state index in [2.05, 4.69) is 26.1 Å². The zero-order chi connectivity index (χ0) is 26.4. The van der Waals surface area contributed by atoms with E-state index in [4.69, 9.17) is 15.5 Å². The molecule has 1 aliphatic heterocycles. The van der Waals surface area contributed by atoms with Crippen LogP contribution in [0.15, 0.2) is 59.5 Å². The number of aryl methyl sites for hydroxylation is 1. The molecule has 0 saturated carbocycles. The van der Waals surface area contributed by atoms with Gasteiger partial charge >= 0.3 is 0 Å². The summed E-state index contributed by atoms with van der Waals surface area (Å²) in [5.74, 6) is 1.59. The van der Waals surface area contributed by atoms with Crippen LogP contribution in [0.1, 0.15) is 17.5 Å². The summed E-state index contributed by atoms with van der Waals surface area (Å²) in [5.41, 5.74) is 9.90. The van der Waals surface area contributed by atoms with Gasteiger partial charge in [-0.1, -0.05) is 30.3 Å². The van der Waals surface area contributed by atoms with E-state index in [-0.39, 0.29) is 17.5 Å². The number of fused-ring (bicyclic) bond motifs is 4. The van der Waals surface area contributed by atoms with Crippen LogP contribution in [0, 0.1) is 0 Å². The third-order valence-corrected chi connectivity index (χ3v) is 6.96. The van der Waals surface area contributed by atoms with Crippen molar-refractivity contribution in [3.63, 3.8) is 0 Å². The van der Waals surface area contributed by atoms with Gasteiger partial charge in [0.1, 0.15) is 17.2 Å². The van der Waals surface area contributed by atoms with Crippen LogP contribution < -0.4 is 20.9 Å². The van der Waals surface area contributed by atoms with E-state index in [0.717, 1.165) is 30.7 Å². The number of nitrogen functional groups attached to an aromatic ring is 1. The smallest absolute Gasteiger partial charge is 0.270 e. The number of pyridine rings is 1. The Balaban J connectivity index is 1.40. The fourth-order valence-electron chi connectivity index (χ4n) is 5.12. The predicted octanol–water partition coefficient (Wildman–Crippen LogP) is 3.13. The topological polar surface area (TPSA) is 118 Å². The molecule has 4 heterocycles. The Morgan fingerprint density at radius 1 is 1.13 bits per heavy atom. The molecule has 1 atom stereocenters. The first-order valence-electron chi connectivity index (χ1n) is 12.6. The van der Waals surface area contributed by atoms with Crippen molar-refractivity contribution in [3.05, 3.63) is 76.2 Å². The zero-order valence-electron chi connectivity index (χ0n) is 21.7. The fourth-order valence-corrected chi connectivity index (χ4v) is 5.12. The van der Waals surface area contributed by atoms with Crippen molar-refractivity contribution in [2.24, 2.45) is 0 Å². The molecule has 3 N–H and O–H groups in total.